The van der Waals surface area contributed by atoms with Gasteiger partial charge in [0.05, 0.1) is 6.04 Å². The van der Waals surface area contributed by atoms with Crippen LogP contribution in [-0.2, 0) is 4.74 Å². The Morgan fingerprint density at radius 1 is 1.05 bits per heavy atom. The van der Waals surface area contributed by atoms with Crippen LogP contribution < -0.4 is 4.90 Å². The van der Waals surface area contributed by atoms with Crippen LogP contribution in [0.4, 0.5) is 10.6 Å². The second-order valence-corrected chi connectivity index (χ2v) is 5.56. The van der Waals surface area contributed by atoms with E-state index in [0.29, 0.717) is 5.82 Å². The summed E-state index contributed by atoms with van der Waals surface area (Å²) < 4.78 is 5.41. The van der Waals surface area contributed by atoms with Gasteiger partial charge in [-0.2, -0.15) is 0 Å². The first kappa shape index (κ1) is 12.4. The maximum absolute atomic E-state index is 12.0. The fraction of sp³-hybridized carbons (Fsp3) is 0.294. The number of hydrogen-bond donors (Lipinski definition) is 0. The molecule has 2 heterocycles. The van der Waals surface area contributed by atoms with Gasteiger partial charge < -0.3 is 4.74 Å². The van der Waals surface area contributed by atoms with Gasteiger partial charge in [0.15, 0.2) is 0 Å². The molecular formula is C17H16N2O2. The Kier molecular flexibility index (Phi) is 2.88. The van der Waals surface area contributed by atoms with Crippen LogP contribution in [0.3, 0.4) is 0 Å². The molecule has 2 fully saturated rings. The molecule has 1 aromatic carbocycles. The number of hydrogen-bond acceptors (Lipinski definition) is 3. The maximum atomic E-state index is 12.0. The number of carbonyl (C=O) groups is 1. The minimum absolute atomic E-state index is 0.0492. The van der Waals surface area contributed by atoms with E-state index in [9.17, 15) is 4.79 Å². The van der Waals surface area contributed by atoms with Crippen molar-refractivity contribution >= 4 is 11.9 Å². The molecule has 4 heteroatoms. The zero-order valence-electron chi connectivity index (χ0n) is 11.6. The maximum Gasteiger partial charge on any atom is 0.416 e. The largest absolute Gasteiger partial charge is 0.444 e. The minimum atomic E-state index is -0.260. The molecule has 0 bridgehead atoms. The van der Waals surface area contributed by atoms with Crippen LogP contribution in [0.2, 0.25) is 0 Å². The first-order chi connectivity index (χ1) is 10.3. The van der Waals surface area contributed by atoms with Gasteiger partial charge in [-0.3, -0.25) is 4.90 Å². The number of carbonyl (C=O) groups excluding carboxylic acids is 1. The zero-order chi connectivity index (χ0) is 14.2. The molecule has 1 aliphatic heterocycles. The summed E-state index contributed by atoms with van der Waals surface area (Å²) in [4.78, 5) is 18.2. The van der Waals surface area contributed by atoms with Gasteiger partial charge >= 0.3 is 6.09 Å². The lowest BCUT2D eigenvalue weighted by atomic mass is 10.1. The number of fused-ring (bicyclic) bond motifs is 1. The quantitative estimate of drug-likeness (QED) is 0.843. The molecular weight excluding hydrogens is 264 g/mol. The highest BCUT2D eigenvalue weighted by Crippen LogP contribution is 2.36. The van der Waals surface area contributed by atoms with Gasteiger partial charge in [-0.05, 0) is 37.0 Å². The lowest BCUT2D eigenvalue weighted by Crippen LogP contribution is -2.34. The van der Waals surface area contributed by atoms with Crippen molar-refractivity contribution in [3.05, 3.63) is 48.7 Å². The predicted molar refractivity (Wildman–Crippen MR) is 80.1 cm³/mol. The van der Waals surface area contributed by atoms with Crippen molar-refractivity contribution in [1.29, 1.82) is 0 Å². The SMILES string of the molecule is O=C1O[C@H]2CCC[C@H]2N1c1ccc(-c2ccccc2)cn1. The number of benzene rings is 1. The average molecular weight is 280 g/mol. The fourth-order valence-corrected chi connectivity index (χ4v) is 3.25. The Labute approximate surface area is 123 Å². The lowest BCUT2D eigenvalue weighted by Gasteiger charge is -2.19. The standard InChI is InChI=1S/C17H16N2O2/c20-17-19(14-7-4-8-15(14)21-17)16-10-9-13(11-18-16)12-5-2-1-3-6-12/h1-3,5-6,9-11,14-15H,4,7-8H2/t14-,15+/m1/s1. The predicted octanol–water partition coefficient (Wildman–Crippen LogP) is 3.63. The second kappa shape index (κ2) is 4.88. The van der Waals surface area contributed by atoms with Gasteiger partial charge in [-0.25, -0.2) is 9.78 Å². The molecule has 21 heavy (non-hydrogen) atoms. The molecule has 4 nitrogen and oxygen atoms in total. The van der Waals surface area contributed by atoms with Crippen molar-refractivity contribution in [2.45, 2.75) is 31.4 Å². The first-order valence-electron chi connectivity index (χ1n) is 7.34. The van der Waals surface area contributed by atoms with E-state index in [1.165, 1.54) is 0 Å². The lowest BCUT2D eigenvalue weighted by molar-refractivity contribution is 0.138. The van der Waals surface area contributed by atoms with Crippen LogP contribution >= 0.6 is 0 Å². The smallest absolute Gasteiger partial charge is 0.416 e. The van der Waals surface area contributed by atoms with Crippen LogP contribution in [-0.4, -0.2) is 23.2 Å². The van der Waals surface area contributed by atoms with Crippen molar-refractivity contribution in [3.8, 4) is 11.1 Å². The third-order valence-electron chi connectivity index (χ3n) is 4.30. The monoisotopic (exact) mass is 280 g/mol. The van der Waals surface area contributed by atoms with E-state index in [1.54, 1.807) is 4.90 Å². The Morgan fingerprint density at radius 2 is 1.90 bits per heavy atom. The Bertz CT molecular complexity index is 654. The molecule has 2 aliphatic rings. The van der Waals surface area contributed by atoms with Gasteiger partial charge in [0.2, 0.25) is 0 Å². The summed E-state index contributed by atoms with van der Waals surface area (Å²) >= 11 is 0. The highest BCUT2D eigenvalue weighted by atomic mass is 16.6. The van der Waals surface area contributed by atoms with E-state index in [1.807, 2.05) is 48.7 Å². The van der Waals surface area contributed by atoms with E-state index < -0.39 is 0 Å². The Balaban J connectivity index is 1.63. The van der Waals surface area contributed by atoms with Crippen LogP contribution in [0.5, 0.6) is 0 Å². The molecule has 2 atom stereocenters. The van der Waals surface area contributed by atoms with Gasteiger partial charge in [0, 0.05) is 11.8 Å². The van der Waals surface area contributed by atoms with Gasteiger partial charge in [-0.1, -0.05) is 30.3 Å². The molecule has 0 spiro atoms. The van der Waals surface area contributed by atoms with E-state index in [0.717, 1.165) is 30.4 Å². The van der Waals surface area contributed by atoms with Gasteiger partial charge in [0.1, 0.15) is 11.9 Å². The summed E-state index contributed by atoms with van der Waals surface area (Å²) in [6.07, 6.45) is 4.69. The van der Waals surface area contributed by atoms with Crippen molar-refractivity contribution in [2.75, 3.05) is 4.90 Å². The molecule has 2 aromatic rings. The molecule has 1 aromatic heterocycles. The Morgan fingerprint density at radius 3 is 2.67 bits per heavy atom. The summed E-state index contributed by atoms with van der Waals surface area (Å²) in [5.41, 5.74) is 2.18. The third-order valence-corrected chi connectivity index (χ3v) is 4.30. The molecule has 106 valence electrons. The fourth-order valence-electron chi connectivity index (χ4n) is 3.25. The number of rotatable bonds is 2. The summed E-state index contributed by atoms with van der Waals surface area (Å²) in [7, 11) is 0. The topological polar surface area (TPSA) is 42.4 Å². The van der Waals surface area contributed by atoms with Crippen LogP contribution in [0.1, 0.15) is 19.3 Å². The second-order valence-electron chi connectivity index (χ2n) is 5.56. The van der Waals surface area contributed by atoms with Crippen LogP contribution in [0.15, 0.2) is 48.7 Å². The number of aromatic nitrogens is 1. The van der Waals surface area contributed by atoms with Gasteiger partial charge in [-0.15, -0.1) is 0 Å². The number of anilines is 1. The Hall–Kier alpha value is -2.36. The van der Waals surface area contributed by atoms with E-state index in [-0.39, 0.29) is 18.2 Å². The molecule has 1 saturated heterocycles. The third kappa shape index (κ3) is 2.07. The van der Waals surface area contributed by atoms with Crippen molar-refractivity contribution in [3.63, 3.8) is 0 Å². The molecule has 4 rings (SSSR count). The minimum Gasteiger partial charge on any atom is -0.444 e. The van der Waals surface area contributed by atoms with Crippen molar-refractivity contribution < 1.29 is 9.53 Å². The van der Waals surface area contributed by atoms with Crippen LogP contribution in [0.25, 0.3) is 11.1 Å². The van der Waals surface area contributed by atoms with E-state index >= 15 is 0 Å². The molecule has 1 saturated carbocycles. The summed E-state index contributed by atoms with van der Waals surface area (Å²) in [6, 6.07) is 14.2. The molecule has 0 radical (unpaired) electrons. The highest BCUT2D eigenvalue weighted by Gasteiger charge is 2.45. The zero-order valence-corrected chi connectivity index (χ0v) is 11.6. The summed E-state index contributed by atoms with van der Waals surface area (Å²) in [6.45, 7) is 0. The number of pyridine rings is 1. The molecule has 0 unspecified atom stereocenters. The van der Waals surface area contributed by atoms with Crippen molar-refractivity contribution in [1.82, 2.24) is 4.98 Å². The number of ether oxygens (including phenoxy) is 1. The average Bonchev–Trinajstić information content (AvgIpc) is 3.08. The van der Waals surface area contributed by atoms with Crippen LogP contribution in [0, 0.1) is 0 Å². The summed E-state index contributed by atoms with van der Waals surface area (Å²) in [5, 5.41) is 0. The molecule has 1 aliphatic carbocycles. The number of amides is 1. The first-order valence-corrected chi connectivity index (χ1v) is 7.34. The molecule has 1 amide bonds. The number of nitrogens with zero attached hydrogens (tertiary/aromatic N) is 2. The van der Waals surface area contributed by atoms with E-state index in [4.69, 9.17) is 4.74 Å². The van der Waals surface area contributed by atoms with Gasteiger partial charge in [0.25, 0.3) is 0 Å². The highest BCUT2D eigenvalue weighted by molar-refractivity contribution is 5.90. The van der Waals surface area contributed by atoms with Crippen molar-refractivity contribution in [2.24, 2.45) is 0 Å². The molecule has 0 N–H and O–H groups in total. The summed E-state index contributed by atoms with van der Waals surface area (Å²) in [5.74, 6) is 0.689. The normalized spacial score (nSPS) is 24.0. The van der Waals surface area contributed by atoms with E-state index in [2.05, 4.69) is 4.98 Å².